The van der Waals surface area contributed by atoms with Gasteiger partial charge in [0, 0.05) is 43.8 Å². The SMILES string of the molecule is CCOC(=O)N1CCN(S(=O)(=O)c2cn(C(C)C)nc2C(C)(C)C)CC1. The van der Waals surface area contributed by atoms with Gasteiger partial charge in [-0.1, -0.05) is 20.8 Å². The van der Waals surface area contributed by atoms with Crippen molar-refractivity contribution >= 4 is 16.1 Å². The van der Waals surface area contributed by atoms with Crippen LogP contribution in [0.1, 0.15) is 53.3 Å². The van der Waals surface area contributed by atoms with Gasteiger partial charge in [0.2, 0.25) is 10.0 Å². The zero-order valence-electron chi connectivity index (χ0n) is 16.5. The van der Waals surface area contributed by atoms with Crippen LogP contribution in [0.4, 0.5) is 4.79 Å². The molecule has 0 aromatic carbocycles. The van der Waals surface area contributed by atoms with E-state index < -0.39 is 21.5 Å². The van der Waals surface area contributed by atoms with Gasteiger partial charge in [0.1, 0.15) is 4.90 Å². The van der Waals surface area contributed by atoms with E-state index in [0.717, 1.165) is 0 Å². The van der Waals surface area contributed by atoms with E-state index in [4.69, 9.17) is 4.74 Å². The minimum Gasteiger partial charge on any atom is -0.450 e. The van der Waals surface area contributed by atoms with Gasteiger partial charge in [0.25, 0.3) is 0 Å². The lowest BCUT2D eigenvalue weighted by Gasteiger charge is -2.33. The molecule has 8 nitrogen and oxygen atoms in total. The first-order valence-electron chi connectivity index (χ1n) is 9.00. The Hall–Kier alpha value is -1.61. The fourth-order valence-electron chi connectivity index (χ4n) is 2.81. The van der Waals surface area contributed by atoms with Crippen molar-refractivity contribution in [2.45, 2.75) is 57.9 Å². The van der Waals surface area contributed by atoms with Gasteiger partial charge in [-0.2, -0.15) is 9.40 Å². The van der Waals surface area contributed by atoms with Crippen LogP contribution < -0.4 is 0 Å². The number of nitrogens with zero attached hydrogens (tertiary/aromatic N) is 4. The van der Waals surface area contributed by atoms with Crippen LogP contribution >= 0.6 is 0 Å². The van der Waals surface area contributed by atoms with Crippen LogP contribution in [0.25, 0.3) is 0 Å². The summed E-state index contributed by atoms with van der Waals surface area (Å²) in [6, 6.07) is 0.0701. The molecule has 9 heteroatoms. The summed E-state index contributed by atoms with van der Waals surface area (Å²) in [5, 5.41) is 4.54. The Morgan fingerprint density at radius 1 is 1.23 bits per heavy atom. The predicted molar refractivity (Wildman–Crippen MR) is 98.7 cm³/mol. The number of hydrogen-bond donors (Lipinski definition) is 0. The van der Waals surface area contributed by atoms with E-state index in [1.807, 2.05) is 34.6 Å². The summed E-state index contributed by atoms with van der Waals surface area (Å²) in [4.78, 5) is 13.6. The maximum Gasteiger partial charge on any atom is 0.409 e. The van der Waals surface area contributed by atoms with Crippen LogP contribution in [0.5, 0.6) is 0 Å². The maximum absolute atomic E-state index is 13.2. The highest BCUT2D eigenvalue weighted by Crippen LogP contribution is 2.31. The molecular weight excluding hydrogens is 356 g/mol. The molecule has 148 valence electrons. The lowest BCUT2D eigenvalue weighted by molar-refractivity contribution is 0.0934. The summed E-state index contributed by atoms with van der Waals surface area (Å²) in [7, 11) is -3.68. The number of amides is 1. The number of carbonyl (C=O) groups is 1. The van der Waals surface area contributed by atoms with Crippen LogP contribution in [0.15, 0.2) is 11.1 Å². The minimum atomic E-state index is -3.68. The third-order valence-electron chi connectivity index (χ3n) is 4.32. The third kappa shape index (κ3) is 4.20. The Labute approximate surface area is 156 Å². The Kier molecular flexibility index (Phi) is 6.02. The van der Waals surface area contributed by atoms with Gasteiger partial charge in [-0.3, -0.25) is 4.68 Å². The first kappa shape index (κ1) is 20.7. The first-order chi connectivity index (χ1) is 12.0. The molecule has 0 radical (unpaired) electrons. The van der Waals surface area contributed by atoms with Crippen molar-refractivity contribution in [2.24, 2.45) is 0 Å². The van der Waals surface area contributed by atoms with Crippen molar-refractivity contribution in [1.82, 2.24) is 19.0 Å². The molecule has 1 aromatic heterocycles. The van der Waals surface area contributed by atoms with E-state index in [2.05, 4.69) is 5.10 Å². The van der Waals surface area contributed by atoms with E-state index in [0.29, 0.717) is 25.4 Å². The quantitative estimate of drug-likeness (QED) is 0.792. The smallest absolute Gasteiger partial charge is 0.409 e. The van der Waals surface area contributed by atoms with Crippen molar-refractivity contribution in [3.8, 4) is 0 Å². The fraction of sp³-hybridized carbons (Fsp3) is 0.765. The van der Waals surface area contributed by atoms with Crippen molar-refractivity contribution in [2.75, 3.05) is 32.8 Å². The number of ether oxygens (including phenoxy) is 1. The molecule has 1 amide bonds. The van der Waals surface area contributed by atoms with E-state index in [9.17, 15) is 13.2 Å². The van der Waals surface area contributed by atoms with Crippen LogP contribution in [0.3, 0.4) is 0 Å². The number of aromatic nitrogens is 2. The van der Waals surface area contributed by atoms with Gasteiger partial charge >= 0.3 is 6.09 Å². The Morgan fingerprint density at radius 2 is 1.81 bits per heavy atom. The molecule has 1 saturated heterocycles. The van der Waals surface area contributed by atoms with Gasteiger partial charge in [-0.15, -0.1) is 0 Å². The van der Waals surface area contributed by atoms with Gasteiger partial charge < -0.3 is 9.64 Å². The molecule has 0 unspecified atom stereocenters. The molecule has 1 aliphatic heterocycles. The van der Waals surface area contributed by atoms with Crippen LogP contribution in [-0.4, -0.2) is 66.3 Å². The second-order valence-electron chi connectivity index (χ2n) is 7.76. The number of carbonyl (C=O) groups excluding carboxylic acids is 1. The molecule has 0 bridgehead atoms. The van der Waals surface area contributed by atoms with Crippen LogP contribution in [-0.2, 0) is 20.2 Å². The summed E-state index contributed by atoms with van der Waals surface area (Å²) in [5.41, 5.74) is 0.175. The predicted octanol–water partition coefficient (Wildman–Crippen LogP) is 2.22. The molecule has 1 aromatic rings. The number of sulfonamides is 1. The zero-order chi connectivity index (χ0) is 19.7. The summed E-state index contributed by atoms with van der Waals surface area (Å²) in [5.74, 6) is 0. The molecule has 0 spiro atoms. The topological polar surface area (TPSA) is 84.7 Å². The maximum atomic E-state index is 13.2. The Bertz CT molecular complexity index is 741. The molecule has 0 atom stereocenters. The average molecular weight is 387 g/mol. The molecule has 2 rings (SSSR count). The van der Waals surface area contributed by atoms with E-state index in [1.165, 1.54) is 9.21 Å². The summed E-state index contributed by atoms with van der Waals surface area (Å²) in [6.07, 6.45) is 1.23. The standard InChI is InChI=1S/C17H30N4O4S/c1-7-25-16(22)19-8-10-20(11-9-19)26(23,24)14-12-21(13(2)3)18-15(14)17(4,5)6/h12-13H,7-11H2,1-6H3. The number of piperazine rings is 1. The third-order valence-corrected chi connectivity index (χ3v) is 6.22. The molecule has 0 saturated carbocycles. The lowest BCUT2D eigenvalue weighted by atomic mass is 9.92. The largest absolute Gasteiger partial charge is 0.450 e. The van der Waals surface area contributed by atoms with Gasteiger partial charge in [-0.05, 0) is 20.8 Å². The molecule has 0 N–H and O–H groups in total. The van der Waals surface area contributed by atoms with Crippen molar-refractivity contribution in [3.05, 3.63) is 11.9 Å². The Morgan fingerprint density at radius 3 is 2.27 bits per heavy atom. The van der Waals surface area contributed by atoms with Gasteiger partial charge in [0.05, 0.1) is 12.3 Å². The Balaban J connectivity index is 2.27. The average Bonchev–Trinajstić information content (AvgIpc) is 3.02. The van der Waals surface area contributed by atoms with E-state index in [-0.39, 0.29) is 24.0 Å². The molecule has 2 heterocycles. The molecule has 1 aliphatic rings. The van der Waals surface area contributed by atoms with Crippen LogP contribution in [0.2, 0.25) is 0 Å². The van der Waals surface area contributed by atoms with Crippen molar-refractivity contribution in [1.29, 1.82) is 0 Å². The van der Waals surface area contributed by atoms with Crippen molar-refractivity contribution in [3.63, 3.8) is 0 Å². The van der Waals surface area contributed by atoms with Crippen LogP contribution in [0, 0.1) is 0 Å². The van der Waals surface area contributed by atoms with Gasteiger partial charge in [0.15, 0.2) is 0 Å². The minimum absolute atomic E-state index is 0.0701. The number of rotatable bonds is 4. The summed E-state index contributed by atoms with van der Waals surface area (Å²) >= 11 is 0. The molecular formula is C17H30N4O4S. The number of hydrogen-bond acceptors (Lipinski definition) is 5. The fourth-order valence-corrected chi connectivity index (χ4v) is 4.57. The van der Waals surface area contributed by atoms with Crippen molar-refractivity contribution < 1.29 is 17.9 Å². The monoisotopic (exact) mass is 386 g/mol. The highest BCUT2D eigenvalue weighted by atomic mass is 32.2. The second-order valence-corrected chi connectivity index (χ2v) is 9.66. The second kappa shape index (κ2) is 7.56. The highest BCUT2D eigenvalue weighted by Gasteiger charge is 2.36. The van der Waals surface area contributed by atoms with E-state index >= 15 is 0 Å². The summed E-state index contributed by atoms with van der Waals surface area (Å²) < 4.78 is 34.6. The lowest BCUT2D eigenvalue weighted by Crippen LogP contribution is -2.50. The first-order valence-corrected chi connectivity index (χ1v) is 10.4. The van der Waals surface area contributed by atoms with Gasteiger partial charge in [-0.25, -0.2) is 13.2 Å². The normalized spacial score (nSPS) is 17.0. The molecule has 0 aliphatic carbocycles. The molecule has 1 fully saturated rings. The molecule has 26 heavy (non-hydrogen) atoms. The summed E-state index contributed by atoms with van der Waals surface area (Å²) in [6.45, 7) is 13.0. The van der Waals surface area contributed by atoms with E-state index in [1.54, 1.807) is 17.8 Å². The zero-order valence-corrected chi connectivity index (χ0v) is 17.3. The highest BCUT2D eigenvalue weighted by molar-refractivity contribution is 7.89.